The molecule has 3 aromatic carbocycles. The molecule has 0 heterocycles. The van der Waals surface area contributed by atoms with E-state index in [1.54, 1.807) is 12.1 Å². The summed E-state index contributed by atoms with van der Waals surface area (Å²) in [5.74, 6) is -1.30. The van der Waals surface area contributed by atoms with Crippen LogP contribution in [0.5, 0.6) is 0 Å². The third kappa shape index (κ3) is 4.58. The molecule has 3 rings (SSSR count). The molecule has 0 bridgehead atoms. The van der Waals surface area contributed by atoms with Gasteiger partial charge in [0, 0.05) is 17.6 Å². The number of carbonyl (C=O) groups excluding carboxylic acids is 1. The smallest absolute Gasteiger partial charge is 0.264 e. The molecule has 150 valence electrons. The summed E-state index contributed by atoms with van der Waals surface area (Å²) in [6, 6.07) is 16.3. The Morgan fingerprint density at radius 1 is 1.03 bits per heavy atom. The van der Waals surface area contributed by atoms with Gasteiger partial charge < -0.3 is 5.32 Å². The highest BCUT2D eigenvalue weighted by Crippen LogP contribution is 2.24. The zero-order chi connectivity index (χ0) is 21.2. The number of amides is 1. The maximum absolute atomic E-state index is 13.9. The Morgan fingerprint density at radius 3 is 2.41 bits per heavy atom. The van der Waals surface area contributed by atoms with Crippen LogP contribution in [0.15, 0.2) is 71.6 Å². The molecule has 0 aromatic heterocycles. The number of sulfonamides is 1. The summed E-state index contributed by atoms with van der Waals surface area (Å²) in [7, 11) is -2.45. The van der Waals surface area contributed by atoms with Crippen LogP contribution in [0.25, 0.3) is 0 Å². The van der Waals surface area contributed by atoms with E-state index in [-0.39, 0.29) is 21.2 Å². The number of carbonyl (C=O) groups is 1. The van der Waals surface area contributed by atoms with Gasteiger partial charge in [-0.2, -0.15) is 0 Å². The van der Waals surface area contributed by atoms with E-state index in [1.165, 1.54) is 43.4 Å². The molecular formula is C21H18ClFN2O3S. The molecule has 0 radical (unpaired) electrons. The van der Waals surface area contributed by atoms with Crippen molar-refractivity contribution >= 4 is 38.9 Å². The lowest BCUT2D eigenvalue weighted by Gasteiger charge is -2.20. The molecule has 0 fully saturated rings. The average Bonchev–Trinajstić information content (AvgIpc) is 2.71. The molecule has 5 nitrogen and oxygen atoms in total. The Hall–Kier alpha value is -2.90. The van der Waals surface area contributed by atoms with E-state index in [4.69, 9.17) is 11.6 Å². The Morgan fingerprint density at radius 2 is 1.72 bits per heavy atom. The molecule has 1 N–H and O–H groups in total. The molecular weight excluding hydrogens is 415 g/mol. The topological polar surface area (TPSA) is 66.5 Å². The Bertz CT molecular complexity index is 1160. The number of rotatable bonds is 5. The highest BCUT2D eigenvalue weighted by atomic mass is 35.5. The zero-order valence-corrected chi connectivity index (χ0v) is 17.3. The van der Waals surface area contributed by atoms with E-state index in [0.717, 1.165) is 15.9 Å². The van der Waals surface area contributed by atoms with E-state index < -0.39 is 21.7 Å². The van der Waals surface area contributed by atoms with Gasteiger partial charge in [0.2, 0.25) is 0 Å². The third-order valence-corrected chi connectivity index (χ3v) is 6.35. The predicted octanol–water partition coefficient (Wildman–Crippen LogP) is 4.86. The Kier molecular flexibility index (Phi) is 5.91. The summed E-state index contributed by atoms with van der Waals surface area (Å²) >= 11 is 5.83. The molecule has 0 aliphatic heterocycles. The first-order valence-electron chi connectivity index (χ1n) is 8.60. The second-order valence-electron chi connectivity index (χ2n) is 6.41. The molecule has 3 aromatic rings. The van der Waals surface area contributed by atoms with Crippen molar-refractivity contribution in [1.82, 2.24) is 0 Å². The van der Waals surface area contributed by atoms with Crippen molar-refractivity contribution in [3.63, 3.8) is 0 Å². The van der Waals surface area contributed by atoms with Crippen LogP contribution in [-0.2, 0) is 10.0 Å². The fraction of sp³-hybridized carbons (Fsp3) is 0.0952. The number of benzene rings is 3. The van der Waals surface area contributed by atoms with E-state index >= 15 is 0 Å². The third-order valence-electron chi connectivity index (χ3n) is 4.33. The molecule has 0 unspecified atom stereocenters. The van der Waals surface area contributed by atoms with Gasteiger partial charge in [-0.15, -0.1) is 0 Å². The second-order valence-corrected chi connectivity index (χ2v) is 8.82. The fourth-order valence-electron chi connectivity index (χ4n) is 2.64. The van der Waals surface area contributed by atoms with Crippen LogP contribution in [0.3, 0.4) is 0 Å². The van der Waals surface area contributed by atoms with Gasteiger partial charge in [0.25, 0.3) is 15.9 Å². The molecule has 0 saturated carbocycles. The van der Waals surface area contributed by atoms with Crippen LogP contribution in [0, 0.1) is 12.7 Å². The first-order chi connectivity index (χ1) is 13.7. The van der Waals surface area contributed by atoms with Gasteiger partial charge in [0.15, 0.2) is 0 Å². The first-order valence-corrected chi connectivity index (χ1v) is 10.4. The largest absolute Gasteiger partial charge is 0.319 e. The molecule has 8 heteroatoms. The van der Waals surface area contributed by atoms with Crippen molar-refractivity contribution in [2.45, 2.75) is 11.8 Å². The molecule has 0 spiro atoms. The van der Waals surface area contributed by atoms with Crippen LogP contribution in [0.4, 0.5) is 15.8 Å². The van der Waals surface area contributed by atoms with Crippen molar-refractivity contribution in [3.05, 3.63) is 88.7 Å². The van der Waals surface area contributed by atoms with Gasteiger partial charge >= 0.3 is 0 Å². The molecule has 29 heavy (non-hydrogen) atoms. The number of halogens is 2. The highest BCUT2D eigenvalue weighted by molar-refractivity contribution is 7.92. The predicted molar refractivity (Wildman–Crippen MR) is 113 cm³/mol. The number of hydrogen-bond acceptors (Lipinski definition) is 3. The summed E-state index contributed by atoms with van der Waals surface area (Å²) in [5.41, 5.74) is 1.48. The Labute approximate surface area is 173 Å². The van der Waals surface area contributed by atoms with Gasteiger partial charge in [-0.05, 0) is 55.5 Å². The normalized spacial score (nSPS) is 11.2. The SMILES string of the molecule is Cc1ccc(N(C)S(=O)(=O)c2cccc(C(=O)Nc3cc(Cl)ccc3F)c2)cc1. The van der Waals surface area contributed by atoms with Crippen LogP contribution >= 0.6 is 11.6 Å². The van der Waals surface area contributed by atoms with E-state index in [1.807, 2.05) is 19.1 Å². The molecule has 0 aliphatic rings. The van der Waals surface area contributed by atoms with Crippen LogP contribution in [-0.4, -0.2) is 21.4 Å². The average molecular weight is 433 g/mol. The zero-order valence-electron chi connectivity index (χ0n) is 15.7. The van der Waals surface area contributed by atoms with Gasteiger partial charge in [-0.3, -0.25) is 9.10 Å². The second kappa shape index (κ2) is 8.23. The number of anilines is 2. The minimum Gasteiger partial charge on any atom is -0.319 e. The lowest BCUT2D eigenvalue weighted by atomic mass is 10.2. The number of aryl methyl sites for hydroxylation is 1. The van der Waals surface area contributed by atoms with Crippen LogP contribution < -0.4 is 9.62 Å². The highest BCUT2D eigenvalue weighted by Gasteiger charge is 2.22. The van der Waals surface area contributed by atoms with Crippen molar-refractivity contribution in [2.24, 2.45) is 0 Å². The monoisotopic (exact) mass is 432 g/mol. The summed E-state index contributed by atoms with van der Waals surface area (Å²) in [5, 5.41) is 2.67. The van der Waals surface area contributed by atoms with Crippen molar-refractivity contribution < 1.29 is 17.6 Å². The molecule has 1 amide bonds. The number of nitrogens with zero attached hydrogens (tertiary/aromatic N) is 1. The van der Waals surface area contributed by atoms with Gasteiger partial charge in [0.05, 0.1) is 16.3 Å². The number of nitrogens with one attached hydrogen (secondary N) is 1. The summed E-state index contributed by atoms with van der Waals surface area (Å²) in [4.78, 5) is 12.4. The Balaban J connectivity index is 1.89. The maximum atomic E-state index is 13.9. The van der Waals surface area contributed by atoms with Crippen LogP contribution in [0.1, 0.15) is 15.9 Å². The lowest BCUT2D eigenvalue weighted by Crippen LogP contribution is -2.26. The maximum Gasteiger partial charge on any atom is 0.264 e. The van der Waals surface area contributed by atoms with Crippen molar-refractivity contribution in [3.8, 4) is 0 Å². The quantitative estimate of drug-likeness (QED) is 0.625. The first kappa shape index (κ1) is 20.8. The fourth-order valence-corrected chi connectivity index (χ4v) is 4.05. The lowest BCUT2D eigenvalue weighted by molar-refractivity contribution is 0.102. The summed E-state index contributed by atoms with van der Waals surface area (Å²) < 4.78 is 40.9. The van der Waals surface area contributed by atoms with E-state index in [9.17, 15) is 17.6 Å². The van der Waals surface area contributed by atoms with Gasteiger partial charge in [0.1, 0.15) is 5.82 Å². The summed E-state index contributed by atoms with van der Waals surface area (Å²) in [6.07, 6.45) is 0. The standard InChI is InChI=1S/C21H18ClFN2O3S/c1-14-6-9-17(10-7-14)25(2)29(27,28)18-5-3-4-15(12-18)21(26)24-20-13-16(22)8-11-19(20)23/h3-13H,1-2H3,(H,24,26). The van der Waals surface area contributed by atoms with Crippen molar-refractivity contribution in [2.75, 3.05) is 16.7 Å². The van der Waals surface area contributed by atoms with Gasteiger partial charge in [-0.1, -0.05) is 35.4 Å². The number of hydrogen-bond donors (Lipinski definition) is 1. The van der Waals surface area contributed by atoms with Crippen molar-refractivity contribution in [1.29, 1.82) is 0 Å². The van der Waals surface area contributed by atoms with E-state index in [0.29, 0.717) is 5.69 Å². The minimum atomic E-state index is -3.89. The van der Waals surface area contributed by atoms with Crippen LogP contribution in [0.2, 0.25) is 5.02 Å². The molecule has 0 aliphatic carbocycles. The molecule has 0 saturated heterocycles. The van der Waals surface area contributed by atoms with E-state index in [2.05, 4.69) is 5.32 Å². The minimum absolute atomic E-state index is 0.0557. The molecule has 0 atom stereocenters. The summed E-state index contributed by atoms with van der Waals surface area (Å²) in [6.45, 7) is 1.91. The van der Waals surface area contributed by atoms with Gasteiger partial charge in [-0.25, -0.2) is 12.8 Å².